The van der Waals surface area contributed by atoms with Crippen molar-refractivity contribution in [2.75, 3.05) is 30.7 Å². The highest BCUT2D eigenvalue weighted by Gasteiger charge is 2.08. The predicted molar refractivity (Wildman–Crippen MR) is 81.5 cm³/mol. The second-order valence-corrected chi connectivity index (χ2v) is 4.88. The molecule has 4 nitrogen and oxygen atoms in total. The van der Waals surface area contributed by atoms with Crippen LogP contribution < -0.4 is 11.1 Å². The van der Waals surface area contributed by atoms with Crippen molar-refractivity contribution in [1.29, 1.82) is 0 Å². The number of anilines is 2. The second kappa shape index (κ2) is 8.02. The summed E-state index contributed by atoms with van der Waals surface area (Å²) in [7, 11) is 0. The molecule has 0 aliphatic heterocycles. The van der Waals surface area contributed by atoms with Crippen molar-refractivity contribution < 1.29 is 4.79 Å². The van der Waals surface area contributed by atoms with E-state index in [1.165, 1.54) is 0 Å². The van der Waals surface area contributed by atoms with Gasteiger partial charge < -0.3 is 16.0 Å². The molecule has 0 atom stereocenters. The summed E-state index contributed by atoms with van der Waals surface area (Å²) in [6, 6.07) is 5.07. The Morgan fingerprint density at radius 2 is 2.11 bits per heavy atom. The average Bonchev–Trinajstić information content (AvgIpc) is 2.38. The zero-order chi connectivity index (χ0) is 14.3. The van der Waals surface area contributed by atoms with Gasteiger partial charge in [-0.2, -0.15) is 0 Å². The zero-order valence-electron chi connectivity index (χ0n) is 11.6. The Kier molecular flexibility index (Phi) is 6.67. The van der Waals surface area contributed by atoms with Gasteiger partial charge in [-0.15, -0.1) is 0 Å². The lowest BCUT2D eigenvalue weighted by Gasteiger charge is -2.19. The molecule has 0 bridgehead atoms. The third-order valence-corrected chi connectivity index (χ3v) is 3.22. The maximum absolute atomic E-state index is 11.8. The van der Waals surface area contributed by atoms with Crippen LogP contribution in [0, 0.1) is 0 Å². The van der Waals surface area contributed by atoms with Crippen molar-refractivity contribution in [3.63, 3.8) is 0 Å². The zero-order valence-corrected chi connectivity index (χ0v) is 12.3. The maximum atomic E-state index is 11.8. The molecular formula is C14H22ClN3O. The second-order valence-electron chi connectivity index (χ2n) is 4.47. The first-order valence-electron chi connectivity index (χ1n) is 6.64. The Morgan fingerprint density at radius 3 is 2.68 bits per heavy atom. The van der Waals surface area contributed by atoms with Crippen molar-refractivity contribution in [3.8, 4) is 0 Å². The van der Waals surface area contributed by atoms with Crippen LogP contribution in [0.15, 0.2) is 18.2 Å². The highest BCUT2D eigenvalue weighted by molar-refractivity contribution is 6.34. The van der Waals surface area contributed by atoms with Gasteiger partial charge in [-0.05, 0) is 37.7 Å². The molecule has 0 radical (unpaired) electrons. The molecule has 106 valence electrons. The number of halogens is 1. The molecule has 0 aliphatic carbocycles. The van der Waals surface area contributed by atoms with Crippen molar-refractivity contribution >= 4 is 28.9 Å². The number of nitrogens with one attached hydrogen (secondary N) is 1. The SMILES string of the molecule is CCCN(CC)CCC(=O)Nc1ccc(N)cc1Cl. The van der Waals surface area contributed by atoms with E-state index in [0.717, 1.165) is 26.1 Å². The summed E-state index contributed by atoms with van der Waals surface area (Å²) in [5.74, 6) is -0.0266. The van der Waals surface area contributed by atoms with Crippen LogP contribution >= 0.6 is 11.6 Å². The van der Waals surface area contributed by atoms with E-state index in [0.29, 0.717) is 22.8 Å². The van der Waals surface area contributed by atoms with Crippen LogP contribution in [0.5, 0.6) is 0 Å². The van der Waals surface area contributed by atoms with E-state index < -0.39 is 0 Å². The first kappa shape index (κ1) is 15.8. The third-order valence-electron chi connectivity index (χ3n) is 2.91. The average molecular weight is 284 g/mol. The van der Waals surface area contributed by atoms with E-state index in [1.54, 1.807) is 18.2 Å². The number of nitrogens with two attached hydrogens (primary N) is 1. The summed E-state index contributed by atoms with van der Waals surface area (Å²) in [6.07, 6.45) is 1.56. The molecule has 19 heavy (non-hydrogen) atoms. The van der Waals surface area contributed by atoms with Gasteiger partial charge in [0.05, 0.1) is 10.7 Å². The number of carbonyl (C=O) groups is 1. The number of hydrogen-bond acceptors (Lipinski definition) is 3. The fourth-order valence-electron chi connectivity index (χ4n) is 1.85. The Hall–Kier alpha value is -1.26. The van der Waals surface area contributed by atoms with E-state index >= 15 is 0 Å². The summed E-state index contributed by atoms with van der Waals surface area (Å²) in [4.78, 5) is 14.1. The number of rotatable bonds is 7. The van der Waals surface area contributed by atoms with Gasteiger partial charge in [0.1, 0.15) is 0 Å². The van der Waals surface area contributed by atoms with Gasteiger partial charge in [-0.1, -0.05) is 25.4 Å². The molecule has 0 aliphatic rings. The Bertz CT molecular complexity index is 423. The van der Waals surface area contributed by atoms with Gasteiger partial charge in [0.15, 0.2) is 0 Å². The minimum atomic E-state index is -0.0266. The summed E-state index contributed by atoms with van der Waals surface area (Å²) in [5.41, 5.74) is 6.80. The topological polar surface area (TPSA) is 58.4 Å². The number of nitrogens with zero attached hydrogens (tertiary/aromatic N) is 1. The molecule has 0 spiro atoms. The van der Waals surface area contributed by atoms with Crippen LogP contribution in [0.1, 0.15) is 26.7 Å². The highest BCUT2D eigenvalue weighted by atomic mass is 35.5. The lowest BCUT2D eigenvalue weighted by molar-refractivity contribution is -0.116. The largest absolute Gasteiger partial charge is 0.399 e. The van der Waals surface area contributed by atoms with E-state index in [2.05, 4.69) is 24.1 Å². The monoisotopic (exact) mass is 283 g/mol. The van der Waals surface area contributed by atoms with Crippen LogP contribution in [-0.2, 0) is 4.79 Å². The first-order chi connectivity index (χ1) is 9.06. The number of amides is 1. The molecule has 0 unspecified atom stereocenters. The molecule has 5 heteroatoms. The molecule has 0 saturated carbocycles. The number of benzene rings is 1. The van der Waals surface area contributed by atoms with E-state index in [1.807, 2.05) is 0 Å². The number of nitrogen functional groups attached to an aromatic ring is 1. The summed E-state index contributed by atoms with van der Waals surface area (Å²) in [5, 5.41) is 3.27. The standard InChI is InChI=1S/C14H22ClN3O/c1-3-8-18(4-2)9-7-14(19)17-13-6-5-11(16)10-12(13)15/h5-6,10H,3-4,7-9,16H2,1-2H3,(H,17,19). The van der Waals surface area contributed by atoms with Crippen LogP contribution in [0.25, 0.3) is 0 Å². The van der Waals surface area contributed by atoms with Gasteiger partial charge in [-0.25, -0.2) is 0 Å². The number of carbonyl (C=O) groups excluding carboxylic acids is 1. The molecule has 3 N–H and O–H groups in total. The quantitative estimate of drug-likeness (QED) is 0.757. The lowest BCUT2D eigenvalue weighted by Crippen LogP contribution is -2.28. The Balaban J connectivity index is 2.46. The molecule has 1 aromatic carbocycles. The fourth-order valence-corrected chi connectivity index (χ4v) is 2.09. The van der Waals surface area contributed by atoms with E-state index in [-0.39, 0.29) is 5.91 Å². The fraction of sp³-hybridized carbons (Fsp3) is 0.500. The maximum Gasteiger partial charge on any atom is 0.225 e. The van der Waals surface area contributed by atoms with Crippen LogP contribution in [-0.4, -0.2) is 30.4 Å². The Labute approximate surface area is 119 Å². The van der Waals surface area contributed by atoms with Crippen molar-refractivity contribution in [2.45, 2.75) is 26.7 Å². The van der Waals surface area contributed by atoms with Crippen molar-refractivity contribution in [2.24, 2.45) is 0 Å². The molecule has 0 heterocycles. The van der Waals surface area contributed by atoms with Gasteiger partial charge in [0.2, 0.25) is 5.91 Å². The molecule has 1 amide bonds. The molecular weight excluding hydrogens is 262 g/mol. The summed E-state index contributed by atoms with van der Waals surface area (Å²) >= 11 is 6.01. The summed E-state index contributed by atoms with van der Waals surface area (Å²) in [6.45, 7) is 6.99. The van der Waals surface area contributed by atoms with E-state index in [4.69, 9.17) is 17.3 Å². The van der Waals surface area contributed by atoms with Gasteiger partial charge >= 0.3 is 0 Å². The minimum absolute atomic E-state index is 0.0266. The predicted octanol–water partition coefficient (Wildman–Crippen LogP) is 2.98. The normalized spacial score (nSPS) is 10.7. The highest BCUT2D eigenvalue weighted by Crippen LogP contribution is 2.24. The molecule has 0 saturated heterocycles. The Morgan fingerprint density at radius 1 is 1.37 bits per heavy atom. The molecule has 1 aromatic rings. The molecule has 0 aromatic heterocycles. The van der Waals surface area contributed by atoms with Gasteiger partial charge in [0.25, 0.3) is 0 Å². The number of hydrogen-bond donors (Lipinski definition) is 2. The molecule has 1 rings (SSSR count). The van der Waals surface area contributed by atoms with E-state index in [9.17, 15) is 4.79 Å². The minimum Gasteiger partial charge on any atom is -0.399 e. The van der Waals surface area contributed by atoms with Gasteiger partial charge in [-0.3, -0.25) is 4.79 Å². The lowest BCUT2D eigenvalue weighted by atomic mass is 10.2. The van der Waals surface area contributed by atoms with Crippen LogP contribution in [0.3, 0.4) is 0 Å². The third kappa shape index (κ3) is 5.49. The van der Waals surface area contributed by atoms with Gasteiger partial charge in [0, 0.05) is 18.7 Å². The first-order valence-corrected chi connectivity index (χ1v) is 7.01. The smallest absolute Gasteiger partial charge is 0.225 e. The van der Waals surface area contributed by atoms with Crippen LogP contribution in [0.2, 0.25) is 5.02 Å². The van der Waals surface area contributed by atoms with Crippen molar-refractivity contribution in [3.05, 3.63) is 23.2 Å². The van der Waals surface area contributed by atoms with Crippen molar-refractivity contribution in [1.82, 2.24) is 4.90 Å². The van der Waals surface area contributed by atoms with Crippen LogP contribution in [0.4, 0.5) is 11.4 Å². The summed E-state index contributed by atoms with van der Waals surface area (Å²) < 4.78 is 0. The molecule has 0 fully saturated rings.